The van der Waals surface area contributed by atoms with E-state index in [2.05, 4.69) is 33.2 Å². The first kappa shape index (κ1) is 15.7. The van der Waals surface area contributed by atoms with Crippen molar-refractivity contribution in [1.82, 2.24) is 10.6 Å². The third kappa shape index (κ3) is 5.43. The van der Waals surface area contributed by atoms with Crippen LogP contribution in [0.2, 0.25) is 0 Å². The number of nitrogens with one attached hydrogen (secondary N) is 2. The van der Waals surface area contributed by atoms with Crippen LogP contribution < -0.4 is 10.6 Å². The standard InChI is InChI=1S/C12H15IN2O4/c1-19-7-15-11(16)9-3-2-8(10(13)6-9)4-5-14-12(17)18/h2-3,6,14H,4-5,7H2,1H3,(H,15,16)(H,17,18). The van der Waals surface area contributed by atoms with Gasteiger partial charge in [-0.05, 0) is 46.7 Å². The first-order chi connectivity index (χ1) is 9.04. The molecule has 0 bridgehead atoms. The summed E-state index contributed by atoms with van der Waals surface area (Å²) in [5, 5.41) is 13.4. The fourth-order valence-corrected chi connectivity index (χ4v) is 2.22. The first-order valence-electron chi connectivity index (χ1n) is 5.57. The molecule has 0 heterocycles. The number of halogens is 1. The minimum atomic E-state index is -1.04. The van der Waals surface area contributed by atoms with Gasteiger partial charge in [-0.1, -0.05) is 6.07 Å². The summed E-state index contributed by atoms with van der Waals surface area (Å²) in [5.41, 5.74) is 1.55. The van der Waals surface area contributed by atoms with Gasteiger partial charge in [0.2, 0.25) is 0 Å². The lowest BCUT2D eigenvalue weighted by molar-refractivity contribution is 0.0872. The maximum atomic E-state index is 11.7. The van der Waals surface area contributed by atoms with E-state index in [4.69, 9.17) is 9.84 Å². The van der Waals surface area contributed by atoms with Gasteiger partial charge in [0.25, 0.3) is 5.91 Å². The number of carbonyl (C=O) groups excluding carboxylic acids is 1. The molecule has 6 nitrogen and oxygen atoms in total. The van der Waals surface area contributed by atoms with Crippen LogP contribution in [-0.2, 0) is 11.2 Å². The van der Waals surface area contributed by atoms with Gasteiger partial charge >= 0.3 is 6.09 Å². The lowest BCUT2D eigenvalue weighted by Crippen LogP contribution is -2.25. The van der Waals surface area contributed by atoms with Crippen LogP contribution in [0.1, 0.15) is 15.9 Å². The average molecular weight is 378 g/mol. The minimum Gasteiger partial charge on any atom is -0.465 e. The Kier molecular flexibility index (Phi) is 6.57. The van der Waals surface area contributed by atoms with E-state index < -0.39 is 6.09 Å². The van der Waals surface area contributed by atoms with Crippen LogP contribution in [0.15, 0.2) is 18.2 Å². The number of amides is 2. The second kappa shape index (κ2) is 7.95. The summed E-state index contributed by atoms with van der Waals surface area (Å²) in [4.78, 5) is 22.0. The van der Waals surface area contributed by atoms with Crippen LogP contribution in [0.4, 0.5) is 4.79 Å². The van der Waals surface area contributed by atoms with Crippen molar-refractivity contribution < 1.29 is 19.4 Å². The molecule has 0 saturated carbocycles. The summed E-state index contributed by atoms with van der Waals surface area (Å²) in [6.07, 6.45) is -0.449. The Bertz CT molecular complexity index is 465. The Morgan fingerprint density at radius 1 is 1.37 bits per heavy atom. The fourth-order valence-electron chi connectivity index (χ4n) is 1.44. The molecule has 0 aliphatic carbocycles. The maximum absolute atomic E-state index is 11.7. The van der Waals surface area contributed by atoms with Crippen molar-refractivity contribution in [3.8, 4) is 0 Å². The highest BCUT2D eigenvalue weighted by atomic mass is 127. The molecule has 0 spiro atoms. The molecule has 1 aromatic carbocycles. The van der Waals surface area contributed by atoms with Crippen LogP contribution in [0, 0.1) is 3.57 Å². The van der Waals surface area contributed by atoms with E-state index in [0.29, 0.717) is 18.5 Å². The van der Waals surface area contributed by atoms with Gasteiger partial charge < -0.3 is 20.5 Å². The van der Waals surface area contributed by atoms with Gasteiger partial charge in [0.1, 0.15) is 6.73 Å². The van der Waals surface area contributed by atoms with Gasteiger partial charge in [-0.3, -0.25) is 4.79 Å². The highest BCUT2D eigenvalue weighted by Gasteiger charge is 2.08. The molecule has 7 heteroatoms. The summed E-state index contributed by atoms with van der Waals surface area (Å²) in [5.74, 6) is -0.199. The number of ether oxygens (including phenoxy) is 1. The summed E-state index contributed by atoms with van der Waals surface area (Å²) in [7, 11) is 1.50. The third-order valence-corrected chi connectivity index (χ3v) is 3.37. The number of carboxylic acid groups (broad SMARTS) is 1. The number of hydrogen-bond donors (Lipinski definition) is 3. The fraction of sp³-hybridized carbons (Fsp3) is 0.333. The molecule has 0 unspecified atom stereocenters. The van der Waals surface area contributed by atoms with Crippen molar-refractivity contribution in [2.45, 2.75) is 6.42 Å². The van der Waals surface area contributed by atoms with Crippen molar-refractivity contribution in [3.63, 3.8) is 0 Å². The molecule has 19 heavy (non-hydrogen) atoms. The summed E-state index contributed by atoms with van der Waals surface area (Å²) >= 11 is 2.13. The van der Waals surface area contributed by atoms with Crippen LogP contribution in [-0.4, -0.2) is 37.5 Å². The maximum Gasteiger partial charge on any atom is 0.404 e. The zero-order chi connectivity index (χ0) is 14.3. The molecule has 0 fully saturated rings. The molecular weight excluding hydrogens is 363 g/mol. The van der Waals surface area contributed by atoms with Gasteiger partial charge in [-0.2, -0.15) is 0 Å². The largest absolute Gasteiger partial charge is 0.465 e. The van der Waals surface area contributed by atoms with E-state index in [1.54, 1.807) is 12.1 Å². The van der Waals surface area contributed by atoms with Gasteiger partial charge in [-0.15, -0.1) is 0 Å². The Labute approximate surface area is 124 Å². The lowest BCUT2D eigenvalue weighted by Gasteiger charge is -2.08. The Balaban J connectivity index is 2.63. The highest BCUT2D eigenvalue weighted by Crippen LogP contribution is 2.15. The van der Waals surface area contributed by atoms with E-state index in [1.807, 2.05) is 6.07 Å². The molecule has 1 aromatic rings. The van der Waals surface area contributed by atoms with Crippen LogP contribution >= 0.6 is 22.6 Å². The number of rotatable bonds is 6. The van der Waals surface area contributed by atoms with E-state index in [9.17, 15) is 9.59 Å². The Hall–Kier alpha value is -1.35. The van der Waals surface area contributed by atoms with Crippen molar-refractivity contribution in [3.05, 3.63) is 32.9 Å². The molecule has 0 aromatic heterocycles. The molecule has 0 radical (unpaired) electrons. The first-order valence-corrected chi connectivity index (χ1v) is 6.65. The normalized spacial score (nSPS) is 10.0. The SMILES string of the molecule is COCNC(=O)c1ccc(CCNC(=O)O)c(I)c1. The van der Waals surface area contributed by atoms with E-state index >= 15 is 0 Å². The second-order valence-corrected chi connectivity index (χ2v) is 4.89. The van der Waals surface area contributed by atoms with Crippen molar-refractivity contribution in [1.29, 1.82) is 0 Å². The topological polar surface area (TPSA) is 87.7 Å². The van der Waals surface area contributed by atoms with E-state index in [0.717, 1.165) is 9.13 Å². The van der Waals surface area contributed by atoms with Crippen LogP contribution in [0.5, 0.6) is 0 Å². The van der Waals surface area contributed by atoms with Crippen LogP contribution in [0.3, 0.4) is 0 Å². The molecule has 104 valence electrons. The summed E-state index contributed by atoms with van der Waals surface area (Å²) in [6, 6.07) is 5.30. The van der Waals surface area contributed by atoms with Crippen molar-refractivity contribution >= 4 is 34.6 Å². The van der Waals surface area contributed by atoms with Crippen LogP contribution in [0.25, 0.3) is 0 Å². The van der Waals surface area contributed by atoms with Crippen molar-refractivity contribution in [2.24, 2.45) is 0 Å². The molecule has 3 N–H and O–H groups in total. The highest BCUT2D eigenvalue weighted by molar-refractivity contribution is 14.1. The third-order valence-electron chi connectivity index (χ3n) is 2.36. The van der Waals surface area contributed by atoms with Gasteiger partial charge in [0, 0.05) is 22.8 Å². The number of methoxy groups -OCH3 is 1. The Morgan fingerprint density at radius 2 is 2.11 bits per heavy atom. The predicted octanol–water partition coefficient (Wildman–Crippen LogP) is 1.44. The number of hydrogen-bond acceptors (Lipinski definition) is 3. The zero-order valence-corrected chi connectivity index (χ0v) is 12.6. The average Bonchev–Trinajstić information content (AvgIpc) is 2.37. The quantitative estimate of drug-likeness (QED) is 0.517. The predicted molar refractivity (Wildman–Crippen MR) is 78.2 cm³/mol. The molecule has 0 atom stereocenters. The van der Waals surface area contributed by atoms with Crippen molar-refractivity contribution in [2.75, 3.05) is 20.4 Å². The monoisotopic (exact) mass is 378 g/mol. The lowest BCUT2D eigenvalue weighted by atomic mass is 10.1. The van der Waals surface area contributed by atoms with Gasteiger partial charge in [0.05, 0.1) is 0 Å². The minimum absolute atomic E-state index is 0.166. The summed E-state index contributed by atoms with van der Waals surface area (Å²) in [6.45, 7) is 0.514. The molecule has 0 saturated heterocycles. The van der Waals surface area contributed by atoms with Gasteiger partial charge in [0.15, 0.2) is 0 Å². The smallest absolute Gasteiger partial charge is 0.404 e. The Morgan fingerprint density at radius 3 is 2.68 bits per heavy atom. The number of carbonyl (C=O) groups is 2. The van der Waals surface area contributed by atoms with E-state index in [-0.39, 0.29) is 12.6 Å². The molecule has 0 aliphatic heterocycles. The second-order valence-electron chi connectivity index (χ2n) is 3.73. The zero-order valence-electron chi connectivity index (χ0n) is 10.4. The molecule has 2 amide bonds. The molecular formula is C12H15IN2O4. The molecule has 0 aliphatic rings. The number of benzene rings is 1. The molecule has 1 rings (SSSR count). The van der Waals surface area contributed by atoms with Gasteiger partial charge in [-0.25, -0.2) is 4.79 Å². The van der Waals surface area contributed by atoms with E-state index in [1.165, 1.54) is 7.11 Å². The summed E-state index contributed by atoms with van der Waals surface area (Å²) < 4.78 is 5.69.